The van der Waals surface area contributed by atoms with Gasteiger partial charge in [-0.3, -0.25) is 9.59 Å². The highest BCUT2D eigenvalue weighted by Crippen LogP contribution is 2.22. The summed E-state index contributed by atoms with van der Waals surface area (Å²) in [6.45, 7) is 0. The maximum atomic E-state index is 12.1. The van der Waals surface area contributed by atoms with Crippen molar-refractivity contribution in [3.8, 4) is 5.75 Å². The van der Waals surface area contributed by atoms with Gasteiger partial charge in [0.15, 0.2) is 0 Å². The van der Waals surface area contributed by atoms with Gasteiger partial charge in [0.2, 0.25) is 0 Å². The predicted octanol–water partition coefficient (Wildman–Crippen LogP) is 1.59. The van der Waals surface area contributed by atoms with E-state index in [0.29, 0.717) is 0 Å². The van der Waals surface area contributed by atoms with Crippen LogP contribution < -0.4 is 5.32 Å². The zero-order valence-corrected chi connectivity index (χ0v) is 9.44. The second-order valence-corrected chi connectivity index (χ2v) is 3.71. The number of halogens is 3. The van der Waals surface area contributed by atoms with Crippen LogP contribution in [0.1, 0.15) is 18.0 Å². The first-order valence-electron chi connectivity index (χ1n) is 5.08. The fourth-order valence-corrected chi connectivity index (χ4v) is 1.37. The lowest BCUT2D eigenvalue weighted by molar-refractivity contribution is -0.174. The second-order valence-electron chi connectivity index (χ2n) is 3.71. The molecule has 0 aliphatic carbocycles. The molecule has 1 aromatic carbocycles. The van der Waals surface area contributed by atoms with Crippen molar-refractivity contribution < 1.29 is 33.0 Å². The number of benzene rings is 1. The lowest BCUT2D eigenvalue weighted by atomic mass is 10.0. The third-order valence-corrected chi connectivity index (χ3v) is 2.24. The lowest BCUT2D eigenvalue weighted by Gasteiger charge is -2.18. The zero-order chi connectivity index (χ0) is 14.6. The number of hydrogen-bond acceptors (Lipinski definition) is 3. The molecule has 1 unspecified atom stereocenters. The lowest BCUT2D eigenvalue weighted by Crippen LogP contribution is -2.39. The summed E-state index contributed by atoms with van der Waals surface area (Å²) in [5, 5.41) is 19.3. The van der Waals surface area contributed by atoms with Crippen molar-refractivity contribution >= 4 is 11.9 Å². The van der Waals surface area contributed by atoms with Crippen LogP contribution in [0, 0.1) is 0 Å². The molecular formula is C11H10F3NO4. The van der Waals surface area contributed by atoms with E-state index in [1.54, 1.807) is 5.32 Å². The monoisotopic (exact) mass is 277 g/mol. The SMILES string of the molecule is O=C(O)CC(NC(=O)C(F)(F)F)c1ccc(O)cc1. The normalized spacial score (nSPS) is 12.8. The summed E-state index contributed by atoms with van der Waals surface area (Å²) in [6.07, 6.45) is -5.79. The average Bonchev–Trinajstić information content (AvgIpc) is 2.27. The first-order chi connectivity index (χ1) is 8.70. The van der Waals surface area contributed by atoms with Gasteiger partial charge in [-0.2, -0.15) is 13.2 Å². The Kier molecular flexibility index (Phi) is 4.36. The maximum Gasteiger partial charge on any atom is 0.471 e. The third-order valence-electron chi connectivity index (χ3n) is 2.24. The Morgan fingerprint density at radius 1 is 1.21 bits per heavy atom. The summed E-state index contributed by atoms with van der Waals surface area (Å²) in [5.74, 6) is -3.70. The third kappa shape index (κ3) is 4.49. The first kappa shape index (κ1) is 14.8. The summed E-state index contributed by atoms with van der Waals surface area (Å²) in [6, 6.07) is 3.51. The number of carboxylic acids is 1. The Hall–Kier alpha value is -2.25. The van der Waals surface area contributed by atoms with E-state index in [1.807, 2.05) is 0 Å². The van der Waals surface area contributed by atoms with Crippen molar-refractivity contribution in [1.82, 2.24) is 5.32 Å². The summed E-state index contributed by atoms with van der Waals surface area (Å²) >= 11 is 0. The van der Waals surface area contributed by atoms with Crippen LogP contribution in [0.5, 0.6) is 5.75 Å². The number of carbonyl (C=O) groups excluding carboxylic acids is 1. The molecule has 0 spiro atoms. The number of amides is 1. The number of phenols is 1. The van der Waals surface area contributed by atoms with Gasteiger partial charge in [0, 0.05) is 0 Å². The molecule has 1 amide bonds. The highest BCUT2D eigenvalue weighted by molar-refractivity contribution is 5.82. The Labute approximate surface area is 105 Å². The van der Waals surface area contributed by atoms with Crippen LogP contribution >= 0.6 is 0 Å². The van der Waals surface area contributed by atoms with Gasteiger partial charge in [0.25, 0.3) is 0 Å². The number of alkyl halides is 3. The van der Waals surface area contributed by atoms with Gasteiger partial charge < -0.3 is 15.5 Å². The molecule has 0 fully saturated rings. The van der Waals surface area contributed by atoms with E-state index in [-0.39, 0.29) is 11.3 Å². The molecule has 0 saturated carbocycles. The van der Waals surface area contributed by atoms with Crippen LogP contribution in [0.25, 0.3) is 0 Å². The van der Waals surface area contributed by atoms with Crippen molar-refractivity contribution in [2.75, 3.05) is 0 Å². The Balaban J connectivity index is 2.92. The zero-order valence-electron chi connectivity index (χ0n) is 9.44. The van der Waals surface area contributed by atoms with Crippen LogP contribution in [-0.4, -0.2) is 28.3 Å². The second kappa shape index (κ2) is 5.59. The summed E-state index contributed by atoms with van der Waals surface area (Å²) in [5.41, 5.74) is 0.151. The van der Waals surface area contributed by atoms with Crippen LogP contribution in [0.15, 0.2) is 24.3 Å². The number of carboxylic acid groups (broad SMARTS) is 1. The highest BCUT2D eigenvalue weighted by Gasteiger charge is 2.40. The van der Waals surface area contributed by atoms with E-state index in [9.17, 15) is 22.8 Å². The molecular weight excluding hydrogens is 267 g/mol. The molecule has 0 heterocycles. The van der Waals surface area contributed by atoms with Gasteiger partial charge in [-0.1, -0.05) is 12.1 Å². The van der Waals surface area contributed by atoms with E-state index in [2.05, 4.69) is 0 Å². The van der Waals surface area contributed by atoms with Crippen LogP contribution in [-0.2, 0) is 9.59 Å². The molecule has 19 heavy (non-hydrogen) atoms. The number of nitrogens with one attached hydrogen (secondary N) is 1. The first-order valence-corrected chi connectivity index (χ1v) is 5.08. The number of rotatable bonds is 4. The molecule has 0 aromatic heterocycles. The number of aliphatic carboxylic acids is 1. The van der Waals surface area contributed by atoms with Crippen molar-refractivity contribution in [2.45, 2.75) is 18.6 Å². The summed E-state index contributed by atoms with van der Waals surface area (Å²) in [7, 11) is 0. The molecule has 0 saturated heterocycles. The van der Waals surface area contributed by atoms with E-state index >= 15 is 0 Å². The average molecular weight is 277 g/mol. The predicted molar refractivity (Wildman–Crippen MR) is 57.3 cm³/mol. The number of phenolic OH excluding ortho intramolecular Hbond substituents is 1. The minimum absolute atomic E-state index is 0.125. The molecule has 0 aliphatic rings. The molecule has 1 aromatic rings. The van der Waals surface area contributed by atoms with Gasteiger partial charge in [-0.05, 0) is 17.7 Å². The topological polar surface area (TPSA) is 86.6 Å². The molecule has 1 atom stereocenters. The molecule has 104 valence electrons. The van der Waals surface area contributed by atoms with Gasteiger partial charge in [-0.15, -0.1) is 0 Å². The minimum atomic E-state index is -5.09. The van der Waals surface area contributed by atoms with Crippen molar-refractivity contribution in [3.63, 3.8) is 0 Å². The number of aromatic hydroxyl groups is 1. The van der Waals surface area contributed by atoms with Gasteiger partial charge in [0.05, 0.1) is 12.5 Å². The largest absolute Gasteiger partial charge is 0.508 e. The Morgan fingerprint density at radius 2 is 1.74 bits per heavy atom. The quantitative estimate of drug-likeness (QED) is 0.780. The van der Waals surface area contributed by atoms with Gasteiger partial charge in [-0.25, -0.2) is 0 Å². The molecule has 1 rings (SSSR count). The van der Waals surface area contributed by atoms with E-state index in [0.717, 1.165) is 0 Å². The minimum Gasteiger partial charge on any atom is -0.508 e. The van der Waals surface area contributed by atoms with Crippen molar-refractivity contribution in [1.29, 1.82) is 0 Å². The van der Waals surface area contributed by atoms with E-state index in [4.69, 9.17) is 10.2 Å². The van der Waals surface area contributed by atoms with E-state index < -0.39 is 30.5 Å². The number of hydrogen-bond donors (Lipinski definition) is 3. The molecule has 0 aliphatic heterocycles. The van der Waals surface area contributed by atoms with Crippen LogP contribution in [0.3, 0.4) is 0 Å². The van der Waals surface area contributed by atoms with Crippen molar-refractivity contribution in [3.05, 3.63) is 29.8 Å². The molecule has 3 N–H and O–H groups in total. The molecule has 0 bridgehead atoms. The fourth-order valence-electron chi connectivity index (χ4n) is 1.37. The van der Waals surface area contributed by atoms with Crippen molar-refractivity contribution in [2.24, 2.45) is 0 Å². The van der Waals surface area contributed by atoms with Crippen LogP contribution in [0.2, 0.25) is 0 Å². The highest BCUT2D eigenvalue weighted by atomic mass is 19.4. The summed E-state index contributed by atoms with van der Waals surface area (Å²) < 4.78 is 36.4. The van der Waals surface area contributed by atoms with Crippen LogP contribution in [0.4, 0.5) is 13.2 Å². The fraction of sp³-hybridized carbons (Fsp3) is 0.273. The van der Waals surface area contributed by atoms with E-state index in [1.165, 1.54) is 24.3 Å². The smallest absolute Gasteiger partial charge is 0.471 e. The van der Waals surface area contributed by atoms with Gasteiger partial charge in [0.1, 0.15) is 5.75 Å². The molecule has 5 nitrogen and oxygen atoms in total. The van der Waals surface area contributed by atoms with Gasteiger partial charge >= 0.3 is 18.1 Å². The Morgan fingerprint density at radius 3 is 2.16 bits per heavy atom. The molecule has 0 radical (unpaired) electrons. The standard InChI is InChI=1S/C11H10F3NO4/c12-11(13,14)10(19)15-8(5-9(17)18)6-1-3-7(16)4-2-6/h1-4,8,16H,5H2,(H,15,19)(H,17,18). The number of carbonyl (C=O) groups is 2. The molecule has 8 heteroatoms. The maximum absolute atomic E-state index is 12.1. The summed E-state index contributed by atoms with van der Waals surface area (Å²) in [4.78, 5) is 21.4. The Bertz CT molecular complexity index is 470.